The van der Waals surface area contributed by atoms with Gasteiger partial charge in [0.2, 0.25) is 0 Å². The third-order valence-electron chi connectivity index (χ3n) is 4.07. The lowest BCUT2D eigenvalue weighted by Crippen LogP contribution is -2.29. The highest BCUT2D eigenvalue weighted by Gasteiger charge is 2.34. The Hall–Kier alpha value is -2.08. The summed E-state index contributed by atoms with van der Waals surface area (Å²) in [6.07, 6.45) is 10.1. The van der Waals surface area contributed by atoms with Gasteiger partial charge in [-0.3, -0.25) is 14.5 Å². The van der Waals surface area contributed by atoms with E-state index in [0.29, 0.717) is 11.4 Å². The smallest absolute Gasteiger partial charge is 0.293 e. The van der Waals surface area contributed by atoms with Crippen molar-refractivity contribution in [1.29, 1.82) is 0 Å². The van der Waals surface area contributed by atoms with E-state index in [9.17, 15) is 9.59 Å². The molecule has 0 aliphatic carbocycles. The van der Waals surface area contributed by atoms with Crippen LogP contribution in [0.3, 0.4) is 0 Å². The van der Waals surface area contributed by atoms with Crippen molar-refractivity contribution in [3.05, 3.63) is 47.3 Å². The minimum Gasteiger partial charge on any atom is -0.304 e. The SMILES string of the molecule is CCCC=C1SC(=O)N(CCCCc2cccc3nccn23)C1=O. The lowest BCUT2D eigenvalue weighted by atomic mass is 10.1. The van der Waals surface area contributed by atoms with Crippen molar-refractivity contribution in [3.8, 4) is 0 Å². The van der Waals surface area contributed by atoms with Crippen molar-refractivity contribution in [2.24, 2.45) is 0 Å². The summed E-state index contributed by atoms with van der Waals surface area (Å²) in [6.45, 7) is 2.55. The number of pyridine rings is 1. The van der Waals surface area contributed by atoms with Crippen molar-refractivity contribution in [2.45, 2.75) is 39.0 Å². The topological polar surface area (TPSA) is 54.7 Å². The Morgan fingerprint density at radius 3 is 2.96 bits per heavy atom. The summed E-state index contributed by atoms with van der Waals surface area (Å²) in [6, 6.07) is 6.07. The Morgan fingerprint density at radius 2 is 2.12 bits per heavy atom. The van der Waals surface area contributed by atoms with Crippen molar-refractivity contribution in [2.75, 3.05) is 6.54 Å². The molecule has 0 aromatic carbocycles. The molecule has 126 valence electrons. The zero-order chi connectivity index (χ0) is 16.9. The number of unbranched alkanes of at least 4 members (excludes halogenated alkanes) is 2. The van der Waals surface area contributed by atoms with E-state index >= 15 is 0 Å². The molecule has 0 bridgehead atoms. The van der Waals surface area contributed by atoms with E-state index in [1.165, 1.54) is 10.6 Å². The maximum atomic E-state index is 12.2. The average molecular weight is 343 g/mol. The molecule has 0 unspecified atom stereocenters. The zero-order valence-electron chi connectivity index (χ0n) is 13.8. The van der Waals surface area contributed by atoms with E-state index < -0.39 is 0 Å². The van der Waals surface area contributed by atoms with E-state index in [1.54, 1.807) is 6.20 Å². The highest BCUT2D eigenvalue weighted by atomic mass is 32.2. The third kappa shape index (κ3) is 3.53. The number of allylic oxidation sites excluding steroid dienone is 1. The highest BCUT2D eigenvalue weighted by molar-refractivity contribution is 8.18. The zero-order valence-corrected chi connectivity index (χ0v) is 14.6. The van der Waals surface area contributed by atoms with Crippen molar-refractivity contribution < 1.29 is 9.59 Å². The first-order valence-electron chi connectivity index (χ1n) is 8.35. The quantitative estimate of drug-likeness (QED) is 0.562. The second kappa shape index (κ2) is 7.66. The predicted octanol–water partition coefficient (Wildman–Crippen LogP) is 4.04. The number of fused-ring (bicyclic) bond motifs is 1. The van der Waals surface area contributed by atoms with Gasteiger partial charge in [0.25, 0.3) is 11.1 Å². The number of carbonyl (C=O) groups excluding carboxylic acids is 2. The molecular weight excluding hydrogens is 322 g/mol. The van der Waals surface area contributed by atoms with Crippen LogP contribution in [0, 0.1) is 0 Å². The monoisotopic (exact) mass is 343 g/mol. The second-order valence-electron chi connectivity index (χ2n) is 5.81. The summed E-state index contributed by atoms with van der Waals surface area (Å²) < 4.78 is 2.08. The number of hydrogen-bond donors (Lipinski definition) is 0. The predicted molar refractivity (Wildman–Crippen MR) is 95.8 cm³/mol. The largest absolute Gasteiger partial charge is 0.304 e. The van der Waals surface area contributed by atoms with Crippen molar-refractivity contribution in [1.82, 2.24) is 14.3 Å². The molecule has 5 nitrogen and oxygen atoms in total. The molecule has 2 aromatic heterocycles. The van der Waals surface area contributed by atoms with Crippen LogP contribution in [0.25, 0.3) is 5.65 Å². The first kappa shape index (κ1) is 16.8. The molecule has 6 heteroatoms. The van der Waals surface area contributed by atoms with Crippen LogP contribution in [-0.2, 0) is 11.2 Å². The number of imidazole rings is 1. The fraction of sp³-hybridized carbons (Fsp3) is 0.389. The molecule has 3 rings (SSSR count). The number of carbonyl (C=O) groups is 2. The number of aromatic nitrogens is 2. The number of hydrogen-bond acceptors (Lipinski definition) is 4. The maximum Gasteiger partial charge on any atom is 0.293 e. The van der Waals surface area contributed by atoms with Gasteiger partial charge in [-0.1, -0.05) is 25.5 Å². The van der Waals surface area contributed by atoms with Crippen LogP contribution >= 0.6 is 11.8 Å². The van der Waals surface area contributed by atoms with E-state index in [4.69, 9.17) is 0 Å². The Labute approximate surface area is 145 Å². The summed E-state index contributed by atoms with van der Waals surface area (Å²) >= 11 is 1.07. The molecule has 0 radical (unpaired) electrons. The van der Waals surface area contributed by atoms with Crippen LogP contribution in [-0.4, -0.2) is 32.0 Å². The van der Waals surface area contributed by atoms with Crippen LogP contribution in [0.5, 0.6) is 0 Å². The van der Waals surface area contributed by atoms with Crippen LogP contribution in [0.4, 0.5) is 4.79 Å². The van der Waals surface area contributed by atoms with Gasteiger partial charge < -0.3 is 4.40 Å². The molecule has 1 aliphatic heterocycles. The third-order valence-corrected chi connectivity index (χ3v) is 5.03. The molecule has 1 aliphatic rings. The van der Waals surface area contributed by atoms with Gasteiger partial charge >= 0.3 is 0 Å². The molecule has 0 saturated carbocycles. The minimum absolute atomic E-state index is 0.129. The molecule has 2 aromatic rings. The van der Waals surface area contributed by atoms with Gasteiger partial charge in [0.1, 0.15) is 5.65 Å². The van der Waals surface area contributed by atoms with E-state index in [2.05, 4.69) is 22.4 Å². The summed E-state index contributed by atoms with van der Waals surface area (Å²) in [4.78, 5) is 30.5. The van der Waals surface area contributed by atoms with Crippen molar-refractivity contribution >= 4 is 28.6 Å². The molecular formula is C18H21N3O2S. The van der Waals surface area contributed by atoms with Crippen LogP contribution in [0.2, 0.25) is 0 Å². The van der Waals surface area contributed by atoms with Gasteiger partial charge in [0.15, 0.2) is 0 Å². The standard InChI is InChI=1S/C18H21N3O2S/c1-2-3-9-15-17(22)21(18(23)24-15)12-5-4-7-14-8-6-10-16-19-11-13-20(14)16/h6,8-11,13H,2-5,7,12H2,1H3. The van der Waals surface area contributed by atoms with Gasteiger partial charge in [0, 0.05) is 24.6 Å². The lowest BCUT2D eigenvalue weighted by Gasteiger charge is -2.12. The normalized spacial score (nSPS) is 16.7. The molecule has 24 heavy (non-hydrogen) atoms. The van der Waals surface area contributed by atoms with Gasteiger partial charge in [-0.15, -0.1) is 0 Å². The summed E-state index contributed by atoms with van der Waals surface area (Å²) in [5.74, 6) is -0.129. The van der Waals surface area contributed by atoms with Gasteiger partial charge in [-0.2, -0.15) is 0 Å². The van der Waals surface area contributed by atoms with Crippen LogP contribution in [0.1, 0.15) is 38.3 Å². The van der Waals surface area contributed by atoms with Crippen LogP contribution < -0.4 is 0 Å². The van der Waals surface area contributed by atoms with Gasteiger partial charge in [-0.05, 0) is 49.6 Å². The van der Waals surface area contributed by atoms with Gasteiger partial charge in [0.05, 0.1) is 4.91 Å². The molecule has 2 amide bonds. The molecule has 0 atom stereocenters. The Balaban J connectivity index is 1.52. The fourth-order valence-corrected chi connectivity index (χ4v) is 3.66. The van der Waals surface area contributed by atoms with E-state index in [1.807, 2.05) is 24.4 Å². The number of amides is 2. The number of imide groups is 1. The molecule has 0 N–H and O–H groups in total. The number of nitrogens with zero attached hydrogens (tertiary/aromatic N) is 3. The first-order valence-corrected chi connectivity index (χ1v) is 9.17. The number of rotatable bonds is 7. The summed E-state index contributed by atoms with van der Waals surface area (Å²) in [7, 11) is 0. The summed E-state index contributed by atoms with van der Waals surface area (Å²) in [5.41, 5.74) is 2.14. The van der Waals surface area contributed by atoms with E-state index in [0.717, 1.165) is 49.5 Å². The molecule has 0 spiro atoms. The Morgan fingerprint density at radius 1 is 1.25 bits per heavy atom. The average Bonchev–Trinajstić information content (AvgIpc) is 3.16. The Kier molecular flexibility index (Phi) is 5.35. The first-order chi connectivity index (χ1) is 11.7. The molecule has 1 fully saturated rings. The Bertz CT molecular complexity index is 781. The van der Waals surface area contributed by atoms with Gasteiger partial charge in [-0.25, -0.2) is 4.98 Å². The summed E-state index contributed by atoms with van der Waals surface area (Å²) in [5, 5.41) is -0.140. The lowest BCUT2D eigenvalue weighted by molar-refractivity contribution is -0.122. The fourth-order valence-electron chi connectivity index (χ4n) is 2.79. The maximum absolute atomic E-state index is 12.2. The molecule has 3 heterocycles. The molecule has 1 saturated heterocycles. The number of thioether (sulfide) groups is 1. The van der Waals surface area contributed by atoms with E-state index in [-0.39, 0.29) is 11.1 Å². The number of aryl methyl sites for hydroxylation is 1. The van der Waals surface area contributed by atoms with Crippen molar-refractivity contribution in [3.63, 3.8) is 0 Å². The van der Waals surface area contributed by atoms with Crippen LogP contribution in [0.15, 0.2) is 41.6 Å². The highest BCUT2D eigenvalue weighted by Crippen LogP contribution is 2.31. The second-order valence-corrected chi connectivity index (χ2v) is 6.80. The minimum atomic E-state index is -0.140.